The lowest BCUT2D eigenvalue weighted by molar-refractivity contribution is -0.122. The summed E-state index contributed by atoms with van der Waals surface area (Å²) in [5.74, 6) is 0.573. The summed E-state index contributed by atoms with van der Waals surface area (Å²) in [6, 6.07) is 7.43. The molecule has 2 aromatic rings. The molecule has 1 heterocycles. The molecule has 1 amide bonds. The molecule has 0 atom stereocenters. The largest absolute Gasteiger partial charge is 0.324 e. The van der Waals surface area contributed by atoms with Crippen molar-refractivity contribution >= 4 is 11.6 Å². The van der Waals surface area contributed by atoms with E-state index in [-0.39, 0.29) is 5.91 Å². The van der Waals surface area contributed by atoms with Crippen molar-refractivity contribution in [3.63, 3.8) is 0 Å². The van der Waals surface area contributed by atoms with Crippen LogP contribution in [-0.2, 0) is 4.79 Å². The zero-order valence-electron chi connectivity index (χ0n) is 12.6. The van der Waals surface area contributed by atoms with Crippen molar-refractivity contribution in [2.45, 2.75) is 44.6 Å². The smallest absolute Gasteiger partial charge is 0.244 e. The zero-order chi connectivity index (χ0) is 15.6. The van der Waals surface area contributed by atoms with E-state index >= 15 is 0 Å². The van der Waals surface area contributed by atoms with Gasteiger partial charge in [0.1, 0.15) is 0 Å². The summed E-state index contributed by atoms with van der Waals surface area (Å²) in [7, 11) is 0. The number of carbonyl (C=O) groups is 1. The van der Waals surface area contributed by atoms with Gasteiger partial charge in [0.05, 0.1) is 11.2 Å². The summed E-state index contributed by atoms with van der Waals surface area (Å²) in [6.07, 6.45) is 4.65. The maximum absolute atomic E-state index is 12.5. The average molecular weight is 300 g/mol. The second-order valence-electron chi connectivity index (χ2n) is 5.86. The van der Waals surface area contributed by atoms with Gasteiger partial charge in [-0.15, -0.1) is 5.10 Å². The number of carbonyl (C=O) groups excluding carboxylic acids is 1. The van der Waals surface area contributed by atoms with Crippen LogP contribution in [0.25, 0.3) is 5.69 Å². The maximum atomic E-state index is 12.5. The molecule has 0 unspecified atom stereocenters. The van der Waals surface area contributed by atoms with Gasteiger partial charge in [-0.3, -0.25) is 4.79 Å². The molecule has 3 N–H and O–H groups in total. The Labute approximate surface area is 128 Å². The van der Waals surface area contributed by atoms with Crippen molar-refractivity contribution in [2.75, 3.05) is 5.32 Å². The summed E-state index contributed by atoms with van der Waals surface area (Å²) in [5, 5.41) is 14.3. The van der Waals surface area contributed by atoms with Crippen molar-refractivity contribution in [1.29, 1.82) is 0 Å². The Morgan fingerprint density at radius 3 is 2.77 bits per heavy atom. The number of nitrogens with one attached hydrogen (secondary N) is 1. The van der Waals surface area contributed by atoms with E-state index in [2.05, 4.69) is 20.8 Å². The number of benzene rings is 1. The Hall–Kier alpha value is -2.28. The fourth-order valence-electron chi connectivity index (χ4n) is 2.85. The van der Waals surface area contributed by atoms with Crippen LogP contribution in [0, 0.1) is 6.92 Å². The molecule has 7 nitrogen and oxygen atoms in total. The maximum Gasteiger partial charge on any atom is 0.244 e. The lowest BCUT2D eigenvalue weighted by Gasteiger charge is -2.31. The highest BCUT2D eigenvalue weighted by molar-refractivity contribution is 5.98. The van der Waals surface area contributed by atoms with Crippen LogP contribution in [0.3, 0.4) is 0 Å². The number of aryl methyl sites for hydroxylation is 1. The first kappa shape index (κ1) is 14.6. The highest BCUT2D eigenvalue weighted by atomic mass is 16.2. The average Bonchev–Trinajstić information content (AvgIpc) is 2.94. The lowest BCUT2D eigenvalue weighted by Crippen LogP contribution is -2.52. The molecule has 1 aliphatic rings. The van der Waals surface area contributed by atoms with Gasteiger partial charge in [0, 0.05) is 5.69 Å². The van der Waals surface area contributed by atoms with Gasteiger partial charge in [-0.2, -0.15) is 4.68 Å². The van der Waals surface area contributed by atoms with Crippen LogP contribution >= 0.6 is 0 Å². The van der Waals surface area contributed by atoms with Crippen LogP contribution in [0.2, 0.25) is 0 Å². The molecule has 0 bridgehead atoms. The molecule has 0 spiro atoms. The zero-order valence-corrected chi connectivity index (χ0v) is 12.6. The second-order valence-corrected chi connectivity index (χ2v) is 5.86. The quantitative estimate of drug-likeness (QED) is 0.896. The Balaban J connectivity index is 1.78. The summed E-state index contributed by atoms with van der Waals surface area (Å²) < 4.78 is 1.62. The number of nitrogens with zero attached hydrogens (tertiary/aromatic N) is 4. The molecule has 116 valence electrons. The molecule has 3 rings (SSSR count). The van der Waals surface area contributed by atoms with Crippen LogP contribution in [0.15, 0.2) is 24.3 Å². The molecule has 22 heavy (non-hydrogen) atoms. The van der Waals surface area contributed by atoms with Gasteiger partial charge < -0.3 is 11.1 Å². The van der Waals surface area contributed by atoms with Crippen molar-refractivity contribution in [3.8, 4) is 5.69 Å². The summed E-state index contributed by atoms with van der Waals surface area (Å²) >= 11 is 0. The molecule has 1 aliphatic carbocycles. The monoisotopic (exact) mass is 300 g/mol. The van der Waals surface area contributed by atoms with Crippen molar-refractivity contribution in [2.24, 2.45) is 5.73 Å². The van der Waals surface area contributed by atoms with Crippen molar-refractivity contribution in [1.82, 2.24) is 20.2 Å². The third-order valence-electron chi connectivity index (χ3n) is 4.17. The van der Waals surface area contributed by atoms with Gasteiger partial charge >= 0.3 is 0 Å². The minimum absolute atomic E-state index is 0.113. The number of anilines is 1. The minimum Gasteiger partial charge on any atom is -0.324 e. The first-order valence-electron chi connectivity index (χ1n) is 7.54. The van der Waals surface area contributed by atoms with Gasteiger partial charge in [0.25, 0.3) is 0 Å². The van der Waals surface area contributed by atoms with E-state index in [1.807, 2.05) is 31.2 Å². The molecule has 1 aromatic heterocycles. The van der Waals surface area contributed by atoms with Crippen LogP contribution in [-0.4, -0.2) is 31.7 Å². The van der Waals surface area contributed by atoms with E-state index in [0.29, 0.717) is 11.5 Å². The van der Waals surface area contributed by atoms with Crippen LogP contribution < -0.4 is 11.1 Å². The number of nitrogens with two attached hydrogens (primary N) is 1. The van der Waals surface area contributed by atoms with Gasteiger partial charge in [-0.1, -0.05) is 25.3 Å². The van der Waals surface area contributed by atoms with E-state index in [0.717, 1.165) is 37.8 Å². The van der Waals surface area contributed by atoms with E-state index in [1.165, 1.54) is 0 Å². The van der Waals surface area contributed by atoms with Gasteiger partial charge in [0.15, 0.2) is 5.82 Å². The highest BCUT2D eigenvalue weighted by Crippen LogP contribution is 2.27. The number of hydrogen-bond donors (Lipinski definition) is 2. The predicted octanol–water partition coefficient (Wildman–Crippen LogP) is 1.57. The van der Waals surface area contributed by atoms with Gasteiger partial charge in [0.2, 0.25) is 5.91 Å². The van der Waals surface area contributed by atoms with E-state index in [1.54, 1.807) is 4.68 Å². The van der Waals surface area contributed by atoms with E-state index in [4.69, 9.17) is 5.73 Å². The second kappa shape index (κ2) is 5.84. The van der Waals surface area contributed by atoms with Crippen LogP contribution in [0.1, 0.15) is 37.9 Å². The van der Waals surface area contributed by atoms with E-state index < -0.39 is 5.54 Å². The normalized spacial score (nSPS) is 17.2. The molecule has 7 heteroatoms. The van der Waals surface area contributed by atoms with Crippen molar-refractivity contribution < 1.29 is 4.79 Å². The Morgan fingerprint density at radius 1 is 1.32 bits per heavy atom. The van der Waals surface area contributed by atoms with Gasteiger partial charge in [-0.05, 0) is 48.4 Å². The summed E-state index contributed by atoms with van der Waals surface area (Å²) in [4.78, 5) is 12.5. The number of amides is 1. The molecule has 0 radical (unpaired) electrons. The Bertz CT molecular complexity index is 674. The molecule has 0 aliphatic heterocycles. The third-order valence-corrected chi connectivity index (χ3v) is 4.17. The van der Waals surface area contributed by atoms with Crippen LogP contribution in [0.4, 0.5) is 5.69 Å². The van der Waals surface area contributed by atoms with Crippen molar-refractivity contribution in [3.05, 3.63) is 30.1 Å². The SMILES string of the molecule is Cc1nnnn1-c1cccc(NC(=O)C2(N)CCCCC2)c1. The first-order chi connectivity index (χ1) is 10.6. The number of tetrazole rings is 1. The molecular formula is C15H20N6O. The Morgan fingerprint density at radius 2 is 2.09 bits per heavy atom. The standard InChI is InChI=1S/C15H20N6O/c1-11-18-19-20-21(11)13-7-5-6-12(10-13)17-14(22)15(16)8-3-2-4-9-15/h5-7,10H,2-4,8-9,16H2,1H3,(H,17,22). The molecule has 1 aromatic carbocycles. The Kier molecular flexibility index (Phi) is 3.89. The molecule has 1 fully saturated rings. The highest BCUT2D eigenvalue weighted by Gasteiger charge is 2.35. The third kappa shape index (κ3) is 2.85. The molecule has 1 saturated carbocycles. The first-order valence-corrected chi connectivity index (χ1v) is 7.54. The molecular weight excluding hydrogens is 280 g/mol. The fraction of sp³-hybridized carbons (Fsp3) is 0.467. The molecule has 0 saturated heterocycles. The topological polar surface area (TPSA) is 98.7 Å². The minimum atomic E-state index is -0.751. The summed E-state index contributed by atoms with van der Waals surface area (Å²) in [6.45, 7) is 1.82. The number of rotatable bonds is 3. The fourth-order valence-corrected chi connectivity index (χ4v) is 2.85. The van der Waals surface area contributed by atoms with Crippen LogP contribution in [0.5, 0.6) is 0 Å². The number of aromatic nitrogens is 4. The number of hydrogen-bond acceptors (Lipinski definition) is 5. The van der Waals surface area contributed by atoms with E-state index in [9.17, 15) is 4.79 Å². The predicted molar refractivity (Wildman–Crippen MR) is 82.5 cm³/mol. The summed E-state index contributed by atoms with van der Waals surface area (Å²) in [5.41, 5.74) is 7.01. The van der Waals surface area contributed by atoms with Gasteiger partial charge in [-0.25, -0.2) is 0 Å². The lowest BCUT2D eigenvalue weighted by atomic mass is 9.82.